The summed E-state index contributed by atoms with van der Waals surface area (Å²) in [5.41, 5.74) is 0. The van der Waals surface area contributed by atoms with Gasteiger partial charge in [0.1, 0.15) is 0 Å². The number of hydrogen-bond acceptors (Lipinski definition) is 5. The summed E-state index contributed by atoms with van der Waals surface area (Å²) in [4.78, 5) is 0. The minimum absolute atomic E-state index is 0.00441. The highest BCUT2D eigenvalue weighted by atomic mass is 16.6. The van der Waals surface area contributed by atoms with Crippen molar-refractivity contribution < 1.29 is 23.7 Å². The molecule has 0 saturated carbocycles. The molecule has 0 saturated heterocycles. The zero-order valence-corrected chi connectivity index (χ0v) is 21.5. The second-order valence-corrected chi connectivity index (χ2v) is 8.45. The summed E-state index contributed by atoms with van der Waals surface area (Å²) in [6.07, 6.45) is 4.28. The molecule has 5 atom stereocenters. The average molecular weight is 438 g/mol. The monoisotopic (exact) mass is 437 g/mol. The van der Waals surface area contributed by atoms with E-state index in [9.17, 15) is 0 Å². The summed E-state index contributed by atoms with van der Waals surface area (Å²) in [7, 11) is 0. The summed E-state index contributed by atoms with van der Waals surface area (Å²) < 4.78 is 31.6. The van der Waals surface area contributed by atoms with Crippen molar-refractivity contribution in [2.75, 3.05) is 0 Å². The lowest BCUT2D eigenvalue weighted by Gasteiger charge is -2.28. The first-order valence-electron chi connectivity index (χ1n) is 12.2. The van der Waals surface area contributed by atoms with Gasteiger partial charge in [-0.1, -0.05) is 34.6 Å². The number of ether oxygens (including phenoxy) is 5. The van der Waals surface area contributed by atoms with Crippen LogP contribution in [0, 0.1) is 6.07 Å². The lowest BCUT2D eigenvalue weighted by Crippen LogP contribution is -2.20. The predicted molar refractivity (Wildman–Crippen MR) is 127 cm³/mol. The molecule has 0 aliphatic carbocycles. The predicted octanol–water partition coefficient (Wildman–Crippen LogP) is 7.37. The molecular formula is C26H45O5. The van der Waals surface area contributed by atoms with Crippen molar-refractivity contribution in [3.05, 3.63) is 6.07 Å². The van der Waals surface area contributed by atoms with Crippen LogP contribution in [0.15, 0.2) is 0 Å². The van der Waals surface area contributed by atoms with Crippen molar-refractivity contribution in [1.82, 2.24) is 0 Å². The Morgan fingerprint density at radius 3 is 1.00 bits per heavy atom. The maximum Gasteiger partial charge on any atom is 0.211 e. The Morgan fingerprint density at radius 1 is 0.452 bits per heavy atom. The molecule has 1 aromatic rings. The van der Waals surface area contributed by atoms with Gasteiger partial charge in [0.2, 0.25) is 17.2 Å². The Labute approximate surface area is 190 Å². The number of rotatable bonds is 15. The number of hydrogen-bond donors (Lipinski definition) is 0. The van der Waals surface area contributed by atoms with Crippen LogP contribution in [-0.4, -0.2) is 30.5 Å². The van der Waals surface area contributed by atoms with Gasteiger partial charge in [-0.2, -0.15) is 0 Å². The SMILES string of the molecule is CCC(C)Oc1[c]c(OC(C)CC)c(OC(C)CC)c(OC(C)CC)c1OC(C)CC. The molecule has 0 fully saturated rings. The maximum absolute atomic E-state index is 6.40. The Balaban J connectivity index is 3.77. The summed E-state index contributed by atoms with van der Waals surface area (Å²) in [5, 5.41) is 0. The van der Waals surface area contributed by atoms with E-state index in [1.807, 2.05) is 34.6 Å². The Morgan fingerprint density at radius 2 is 0.710 bits per heavy atom. The first-order valence-corrected chi connectivity index (χ1v) is 12.2. The third-order valence-corrected chi connectivity index (χ3v) is 5.52. The molecule has 0 amide bonds. The van der Waals surface area contributed by atoms with Crippen LogP contribution in [0.2, 0.25) is 0 Å². The van der Waals surface area contributed by atoms with Gasteiger partial charge < -0.3 is 23.7 Å². The molecule has 0 N–H and O–H groups in total. The van der Waals surface area contributed by atoms with E-state index in [0.717, 1.165) is 32.1 Å². The Bertz CT molecular complexity index is 599. The van der Waals surface area contributed by atoms with E-state index in [4.69, 9.17) is 23.7 Å². The highest BCUT2D eigenvalue weighted by Gasteiger charge is 2.29. The van der Waals surface area contributed by atoms with Gasteiger partial charge in [0.05, 0.1) is 36.6 Å². The molecule has 0 aliphatic rings. The van der Waals surface area contributed by atoms with Crippen LogP contribution in [0.25, 0.3) is 0 Å². The molecule has 5 unspecified atom stereocenters. The summed E-state index contributed by atoms with van der Waals surface area (Å²) in [6, 6.07) is 3.33. The van der Waals surface area contributed by atoms with Gasteiger partial charge in [-0.05, 0) is 66.7 Å². The third kappa shape index (κ3) is 8.34. The summed E-state index contributed by atoms with van der Waals surface area (Å²) >= 11 is 0. The fourth-order valence-electron chi connectivity index (χ4n) is 2.44. The lowest BCUT2D eigenvalue weighted by molar-refractivity contribution is 0.132. The van der Waals surface area contributed by atoms with E-state index < -0.39 is 0 Å². The van der Waals surface area contributed by atoms with Gasteiger partial charge in [0.15, 0.2) is 11.5 Å². The smallest absolute Gasteiger partial charge is 0.211 e. The molecule has 0 heterocycles. The lowest BCUT2D eigenvalue weighted by atomic mass is 10.2. The molecular weight excluding hydrogens is 392 g/mol. The second kappa shape index (κ2) is 13.6. The molecule has 1 radical (unpaired) electrons. The van der Waals surface area contributed by atoms with Crippen molar-refractivity contribution in [1.29, 1.82) is 0 Å². The highest BCUT2D eigenvalue weighted by Crippen LogP contribution is 2.52. The van der Waals surface area contributed by atoms with Crippen LogP contribution in [-0.2, 0) is 0 Å². The van der Waals surface area contributed by atoms with Crippen molar-refractivity contribution >= 4 is 0 Å². The van der Waals surface area contributed by atoms with E-state index in [-0.39, 0.29) is 30.5 Å². The van der Waals surface area contributed by atoms with E-state index >= 15 is 0 Å². The third-order valence-electron chi connectivity index (χ3n) is 5.52. The normalized spacial score (nSPS) is 16.1. The van der Waals surface area contributed by atoms with Gasteiger partial charge in [-0.25, -0.2) is 0 Å². The molecule has 0 aliphatic heterocycles. The first kappa shape index (κ1) is 27.3. The van der Waals surface area contributed by atoms with Gasteiger partial charge in [-0.3, -0.25) is 0 Å². The van der Waals surface area contributed by atoms with Crippen LogP contribution in [0.3, 0.4) is 0 Å². The van der Waals surface area contributed by atoms with E-state index in [0.29, 0.717) is 28.7 Å². The van der Waals surface area contributed by atoms with E-state index in [1.165, 1.54) is 0 Å². The molecule has 1 rings (SSSR count). The molecule has 1 aromatic carbocycles. The standard InChI is InChI=1S/C26H45O5/c1-11-17(6)27-22-16-23(28-18(7)12-2)25(30-20(9)14-4)26(31-21(10)15-5)24(22)29-19(8)13-3/h17-21H,11-15H2,1-10H3. The Hall–Kier alpha value is -1.78. The molecule has 0 spiro atoms. The van der Waals surface area contributed by atoms with Crippen LogP contribution in [0.4, 0.5) is 0 Å². The quantitative estimate of drug-likeness (QED) is 0.286. The van der Waals surface area contributed by atoms with E-state index in [1.54, 1.807) is 0 Å². The summed E-state index contributed by atoms with van der Waals surface area (Å²) in [5.74, 6) is 2.67. The van der Waals surface area contributed by atoms with Crippen molar-refractivity contribution in [2.24, 2.45) is 0 Å². The van der Waals surface area contributed by atoms with Gasteiger partial charge in [-0.15, -0.1) is 0 Å². The maximum atomic E-state index is 6.40. The van der Waals surface area contributed by atoms with Gasteiger partial charge >= 0.3 is 0 Å². The highest BCUT2D eigenvalue weighted by molar-refractivity contribution is 5.65. The summed E-state index contributed by atoms with van der Waals surface area (Å²) in [6.45, 7) is 20.7. The topological polar surface area (TPSA) is 46.2 Å². The molecule has 0 aromatic heterocycles. The molecule has 5 heteroatoms. The van der Waals surface area contributed by atoms with Crippen LogP contribution < -0.4 is 23.7 Å². The molecule has 31 heavy (non-hydrogen) atoms. The van der Waals surface area contributed by atoms with Crippen molar-refractivity contribution in [3.8, 4) is 28.7 Å². The number of benzene rings is 1. The molecule has 179 valence electrons. The second-order valence-electron chi connectivity index (χ2n) is 8.45. The fourth-order valence-corrected chi connectivity index (χ4v) is 2.44. The largest absolute Gasteiger partial charge is 0.486 e. The van der Waals surface area contributed by atoms with Crippen LogP contribution in [0.5, 0.6) is 28.7 Å². The van der Waals surface area contributed by atoms with E-state index in [2.05, 4.69) is 40.7 Å². The van der Waals surface area contributed by atoms with Gasteiger partial charge in [0, 0.05) is 0 Å². The minimum atomic E-state index is -0.0196. The van der Waals surface area contributed by atoms with Gasteiger partial charge in [0.25, 0.3) is 0 Å². The van der Waals surface area contributed by atoms with Crippen molar-refractivity contribution in [3.63, 3.8) is 0 Å². The first-order chi connectivity index (χ1) is 14.7. The minimum Gasteiger partial charge on any atom is -0.486 e. The fraction of sp³-hybridized carbons (Fsp3) is 0.769. The van der Waals surface area contributed by atoms with Crippen LogP contribution >= 0.6 is 0 Å². The molecule has 5 nitrogen and oxygen atoms in total. The molecule has 0 bridgehead atoms. The zero-order valence-electron chi connectivity index (χ0n) is 21.5. The average Bonchev–Trinajstić information content (AvgIpc) is 2.77. The Kier molecular flexibility index (Phi) is 12.0. The van der Waals surface area contributed by atoms with Crippen molar-refractivity contribution in [2.45, 2.75) is 132 Å². The zero-order chi connectivity index (χ0) is 23.6. The van der Waals surface area contributed by atoms with Crippen LogP contribution in [0.1, 0.15) is 101 Å².